The summed E-state index contributed by atoms with van der Waals surface area (Å²) in [6, 6.07) is 6.08. The maximum absolute atomic E-state index is 12.0. The van der Waals surface area contributed by atoms with Crippen LogP contribution in [0.4, 0.5) is 18.9 Å². The molecule has 0 spiro atoms. The summed E-state index contributed by atoms with van der Waals surface area (Å²) in [5.41, 5.74) is 0.624. The molecule has 1 saturated heterocycles. The second-order valence-corrected chi connectivity index (χ2v) is 7.23. The number of rotatable bonds is 6. The Morgan fingerprint density at radius 2 is 2.08 bits per heavy atom. The Balaban J connectivity index is 1.90. The number of halogens is 3. The van der Waals surface area contributed by atoms with E-state index in [9.17, 15) is 26.4 Å². The zero-order valence-corrected chi connectivity index (χ0v) is 13.5. The van der Waals surface area contributed by atoms with Crippen molar-refractivity contribution in [3.8, 4) is 0 Å². The first-order chi connectivity index (χ1) is 11.2. The Morgan fingerprint density at radius 3 is 2.71 bits per heavy atom. The lowest BCUT2D eigenvalue weighted by molar-refractivity contribution is -0.173. The van der Waals surface area contributed by atoms with E-state index < -0.39 is 28.7 Å². The number of nitrogens with one attached hydrogen (secondary N) is 1. The first kappa shape index (κ1) is 18.5. The highest BCUT2D eigenvalue weighted by Crippen LogP contribution is 2.24. The minimum Gasteiger partial charge on any atom is -0.370 e. The Kier molecular flexibility index (Phi) is 5.70. The van der Waals surface area contributed by atoms with E-state index in [4.69, 9.17) is 0 Å². The van der Waals surface area contributed by atoms with Gasteiger partial charge >= 0.3 is 6.18 Å². The zero-order chi connectivity index (χ0) is 17.8. The molecule has 24 heavy (non-hydrogen) atoms. The number of amides is 1. The number of sulfonamides is 1. The number of ether oxygens (including phenoxy) is 1. The van der Waals surface area contributed by atoms with Crippen LogP contribution in [0.25, 0.3) is 0 Å². The van der Waals surface area contributed by atoms with Crippen LogP contribution in [0.3, 0.4) is 0 Å². The second kappa shape index (κ2) is 7.39. The summed E-state index contributed by atoms with van der Waals surface area (Å²) in [4.78, 5) is 12.0. The highest BCUT2D eigenvalue weighted by Gasteiger charge is 2.29. The van der Waals surface area contributed by atoms with Crippen LogP contribution in [0.5, 0.6) is 0 Å². The molecule has 1 aliphatic rings. The van der Waals surface area contributed by atoms with Gasteiger partial charge in [0, 0.05) is 18.7 Å². The van der Waals surface area contributed by atoms with Crippen molar-refractivity contribution in [3.05, 3.63) is 29.8 Å². The number of hydrogen-bond donors (Lipinski definition) is 1. The molecule has 0 aromatic heterocycles. The molecule has 1 aliphatic heterocycles. The number of carbonyl (C=O) groups excluding carboxylic acids is 1. The number of alkyl halides is 3. The van der Waals surface area contributed by atoms with Gasteiger partial charge in [0.25, 0.3) is 5.91 Å². The van der Waals surface area contributed by atoms with Crippen LogP contribution in [-0.2, 0) is 14.8 Å². The summed E-state index contributed by atoms with van der Waals surface area (Å²) < 4.78 is 65.1. The first-order valence-electron chi connectivity index (χ1n) is 7.22. The zero-order valence-electron chi connectivity index (χ0n) is 12.7. The van der Waals surface area contributed by atoms with Gasteiger partial charge in [0.2, 0.25) is 10.0 Å². The van der Waals surface area contributed by atoms with Crippen molar-refractivity contribution in [1.29, 1.82) is 0 Å². The molecule has 134 valence electrons. The van der Waals surface area contributed by atoms with E-state index in [2.05, 4.69) is 10.1 Å². The van der Waals surface area contributed by atoms with Crippen LogP contribution in [0.2, 0.25) is 0 Å². The average Bonchev–Trinajstić information content (AvgIpc) is 2.85. The van der Waals surface area contributed by atoms with E-state index in [1.165, 1.54) is 16.4 Å². The van der Waals surface area contributed by atoms with Crippen molar-refractivity contribution in [2.24, 2.45) is 0 Å². The summed E-state index contributed by atoms with van der Waals surface area (Å²) in [6.07, 6.45) is -3.88. The molecule has 1 fully saturated rings. The van der Waals surface area contributed by atoms with Gasteiger partial charge in [-0.2, -0.15) is 13.2 Å². The third-order valence-corrected chi connectivity index (χ3v) is 5.16. The van der Waals surface area contributed by atoms with Crippen molar-refractivity contribution < 1.29 is 31.1 Å². The summed E-state index contributed by atoms with van der Waals surface area (Å²) in [5.74, 6) is -0.441. The molecule has 6 nitrogen and oxygen atoms in total. The van der Waals surface area contributed by atoms with Crippen LogP contribution in [0.1, 0.15) is 16.8 Å². The van der Waals surface area contributed by atoms with Gasteiger partial charge in [-0.15, -0.1) is 0 Å². The van der Waals surface area contributed by atoms with Crippen LogP contribution in [0, 0.1) is 0 Å². The number of hydrogen-bond acceptors (Lipinski definition) is 4. The molecule has 0 unspecified atom stereocenters. The standard InChI is InChI=1S/C14H17F3N2O4S/c15-14(16,17)10-23-7-5-18-13(20)11-3-1-4-12(9-11)19-6-2-8-24(19,21)22/h1,3-4,9H,2,5-8,10H2,(H,18,20). The topological polar surface area (TPSA) is 75.7 Å². The third kappa shape index (κ3) is 5.10. The molecule has 0 bridgehead atoms. The Bertz CT molecular complexity index is 692. The number of anilines is 1. The van der Waals surface area contributed by atoms with Crippen molar-refractivity contribution in [3.63, 3.8) is 0 Å². The molecule has 10 heteroatoms. The molecular formula is C14H17F3N2O4S. The van der Waals surface area contributed by atoms with Gasteiger partial charge < -0.3 is 10.1 Å². The first-order valence-corrected chi connectivity index (χ1v) is 8.83. The van der Waals surface area contributed by atoms with E-state index in [0.717, 1.165) is 0 Å². The predicted molar refractivity (Wildman–Crippen MR) is 81.4 cm³/mol. The summed E-state index contributed by atoms with van der Waals surface area (Å²) in [5, 5.41) is 2.42. The number of benzene rings is 1. The SMILES string of the molecule is O=C(NCCOCC(F)(F)F)c1cccc(N2CCCS2(=O)=O)c1. The molecule has 1 aromatic carbocycles. The van der Waals surface area contributed by atoms with Gasteiger partial charge in [-0.3, -0.25) is 9.10 Å². The Hall–Kier alpha value is -1.81. The van der Waals surface area contributed by atoms with E-state index in [1.807, 2.05) is 0 Å². The maximum Gasteiger partial charge on any atom is 0.411 e. The minimum absolute atomic E-state index is 0.0694. The van der Waals surface area contributed by atoms with E-state index in [-0.39, 0.29) is 24.5 Å². The monoisotopic (exact) mass is 366 g/mol. The van der Waals surface area contributed by atoms with Crippen LogP contribution < -0.4 is 9.62 Å². The van der Waals surface area contributed by atoms with E-state index in [1.54, 1.807) is 12.1 Å². The minimum atomic E-state index is -4.40. The van der Waals surface area contributed by atoms with Crippen LogP contribution in [-0.4, -0.2) is 52.6 Å². The lowest BCUT2D eigenvalue weighted by atomic mass is 10.2. The highest BCUT2D eigenvalue weighted by atomic mass is 32.2. The molecule has 0 saturated carbocycles. The fraction of sp³-hybridized carbons (Fsp3) is 0.500. The quantitative estimate of drug-likeness (QED) is 0.775. The fourth-order valence-electron chi connectivity index (χ4n) is 2.26. The van der Waals surface area contributed by atoms with Gasteiger partial charge in [0.1, 0.15) is 6.61 Å². The van der Waals surface area contributed by atoms with Gasteiger partial charge in [-0.25, -0.2) is 8.42 Å². The van der Waals surface area contributed by atoms with Crippen molar-refractivity contribution in [2.45, 2.75) is 12.6 Å². The fourth-order valence-corrected chi connectivity index (χ4v) is 3.81. The Morgan fingerprint density at radius 1 is 1.33 bits per heavy atom. The van der Waals surface area contributed by atoms with Crippen molar-refractivity contribution in [2.75, 3.05) is 36.4 Å². The molecule has 2 rings (SSSR count). The smallest absolute Gasteiger partial charge is 0.370 e. The molecule has 1 aromatic rings. The molecule has 0 radical (unpaired) electrons. The van der Waals surface area contributed by atoms with Crippen molar-refractivity contribution >= 4 is 21.6 Å². The normalized spacial score (nSPS) is 17.0. The molecule has 1 amide bonds. The summed E-state index contributed by atoms with van der Waals surface area (Å²) in [7, 11) is -3.35. The van der Waals surface area contributed by atoms with Crippen molar-refractivity contribution in [1.82, 2.24) is 5.32 Å². The largest absolute Gasteiger partial charge is 0.411 e. The molecular weight excluding hydrogens is 349 g/mol. The lowest BCUT2D eigenvalue weighted by Crippen LogP contribution is -2.29. The summed E-state index contributed by atoms with van der Waals surface area (Å²) >= 11 is 0. The number of nitrogens with zero attached hydrogens (tertiary/aromatic N) is 1. The molecule has 0 atom stereocenters. The lowest BCUT2D eigenvalue weighted by Gasteiger charge is -2.17. The maximum atomic E-state index is 12.0. The van der Waals surface area contributed by atoms with Gasteiger partial charge in [-0.1, -0.05) is 6.07 Å². The van der Waals surface area contributed by atoms with Gasteiger partial charge in [0.05, 0.1) is 18.0 Å². The molecule has 1 N–H and O–H groups in total. The molecule has 0 aliphatic carbocycles. The summed E-state index contributed by atoms with van der Waals surface area (Å²) in [6.45, 7) is -1.36. The van der Waals surface area contributed by atoms with Crippen LogP contribution in [0.15, 0.2) is 24.3 Å². The Labute approximate surface area is 137 Å². The van der Waals surface area contributed by atoms with Gasteiger partial charge in [-0.05, 0) is 24.6 Å². The third-order valence-electron chi connectivity index (χ3n) is 3.29. The van der Waals surface area contributed by atoms with E-state index in [0.29, 0.717) is 18.7 Å². The average molecular weight is 366 g/mol. The number of carbonyl (C=O) groups is 1. The molecule has 1 heterocycles. The predicted octanol–water partition coefficient (Wildman–Crippen LogP) is 1.54. The highest BCUT2D eigenvalue weighted by molar-refractivity contribution is 7.93. The van der Waals surface area contributed by atoms with Crippen LogP contribution >= 0.6 is 0 Å². The second-order valence-electron chi connectivity index (χ2n) is 5.22. The van der Waals surface area contributed by atoms with Gasteiger partial charge in [0.15, 0.2) is 0 Å². The van der Waals surface area contributed by atoms with E-state index >= 15 is 0 Å².